The molecule has 0 bridgehead atoms. The van der Waals surface area contributed by atoms with Gasteiger partial charge in [-0.05, 0) is 30.9 Å². The highest BCUT2D eigenvalue weighted by Gasteiger charge is 2.37. The molecule has 0 saturated heterocycles. The van der Waals surface area contributed by atoms with Crippen LogP contribution in [0.2, 0.25) is 0 Å². The van der Waals surface area contributed by atoms with E-state index >= 15 is 0 Å². The van der Waals surface area contributed by atoms with Crippen molar-refractivity contribution < 1.29 is 9.53 Å². The topological polar surface area (TPSA) is 64.4 Å². The van der Waals surface area contributed by atoms with E-state index in [1.165, 1.54) is 5.56 Å². The van der Waals surface area contributed by atoms with Crippen LogP contribution in [0.25, 0.3) is 0 Å². The molecular weight excluding hydrogens is 252 g/mol. The Labute approximate surface area is 119 Å². The Hall–Kier alpha value is -1.55. The summed E-state index contributed by atoms with van der Waals surface area (Å²) in [5.41, 5.74) is 6.73. The molecule has 1 unspecified atom stereocenters. The van der Waals surface area contributed by atoms with Gasteiger partial charge in [-0.1, -0.05) is 31.0 Å². The number of hydrogen-bond acceptors (Lipinski definition) is 3. The molecule has 3 rings (SSSR count). The minimum atomic E-state index is -0.634. The molecule has 0 radical (unpaired) electrons. The van der Waals surface area contributed by atoms with Crippen LogP contribution in [0.4, 0.5) is 0 Å². The van der Waals surface area contributed by atoms with Crippen molar-refractivity contribution in [2.45, 2.75) is 43.6 Å². The molecule has 1 aromatic carbocycles. The number of benzene rings is 1. The number of para-hydroxylation sites is 1. The lowest BCUT2D eigenvalue weighted by Gasteiger charge is -2.28. The largest absolute Gasteiger partial charge is 0.493 e. The van der Waals surface area contributed by atoms with Crippen LogP contribution in [0.15, 0.2) is 24.3 Å². The number of amides is 1. The maximum atomic E-state index is 12.3. The number of rotatable bonds is 3. The molecular formula is C16H22N2O2. The summed E-state index contributed by atoms with van der Waals surface area (Å²) in [5.74, 6) is 1.29. The van der Waals surface area contributed by atoms with E-state index in [1.54, 1.807) is 0 Å². The lowest BCUT2D eigenvalue weighted by molar-refractivity contribution is -0.126. The van der Waals surface area contributed by atoms with E-state index in [2.05, 4.69) is 11.4 Å². The van der Waals surface area contributed by atoms with E-state index in [-0.39, 0.29) is 5.91 Å². The van der Waals surface area contributed by atoms with Gasteiger partial charge in [0.2, 0.25) is 5.91 Å². The molecule has 1 atom stereocenters. The van der Waals surface area contributed by atoms with E-state index in [0.717, 1.165) is 37.9 Å². The molecule has 1 heterocycles. The molecule has 1 aromatic rings. The molecule has 1 fully saturated rings. The lowest BCUT2D eigenvalue weighted by Crippen LogP contribution is -2.52. The third-order valence-corrected chi connectivity index (χ3v) is 4.54. The Morgan fingerprint density at radius 2 is 2.10 bits per heavy atom. The zero-order valence-electron chi connectivity index (χ0n) is 11.7. The number of nitrogens with one attached hydrogen (secondary N) is 1. The molecule has 4 nitrogen and oxygen atoms in total. The van der Waals surface area contributed by atoms with Crippen molar-refractivity contribution in [2.75, 3.05) is 13.2 Å². The number of ether oxygens (including phenoxy) is 1. The second kappa shape index (κ2) is 5.44. The maximum Gasteiger partial charge on any atom is 0.240 e. The summed E-state index contributed by atoms with van der Waals surface area (Å²) in [4.78, 5) is 12.3. The van der Waals surface area contributed by atoms with E-state index in [1.807, 2.05) is 18.2 Å². The summed E-state index contributed by atoms with van der Waals surface area (Å²) in [6, 6.07) is 8.07. The molecule has 1 saturated carbocycles. The van der Waals surface area contributed by atoms with Gasteiger partial charge in [-0.3, -0.25) is 4.79 Å². The van der Waals surface area contributed by atoms with Crippen molar-refractivity contribution in [3.8, 4) is 5.75 Å². The summed E-state index contributed by atoms with van der Waals surface area (Å²) in [7, 11) is 0. The van der Waals surface area contributed by atoms with Gasteiger partial charge in [-0.15, -0.1) is 0 Å². The third-order valence-electron chi connectivity index (χ3n) is 4.54. The number of carbonyl (C=O) groups excluding carboxylic acids is 1. The second-order valence-corrected chi connectivity index (χ2v) is 5.95. The van der Waals surface area contributed by atoms with Crippen LogP contribution in [0.1, 0.15) is 43.6 Å². The third kappa shape index (κ3) is 2.52. The zero-order chi connectivity index (χ0) is 14.0. The average molecular weight is 274 g/mol. The molecule has 108 valence electrons. The molecule has 0 spiro atoms. The maximum absolute atomic E-state index is 12.3. The average Bonchev–Trinajstić information content (AvgIpc) is 2.93. The van der Waals surface area contributed by atoms with Crippen LogP contribution in [-0.2, 0) is 4.79 Å². The molecule has 1 aliphatic carbocycles. The molecule has 2 aliphatic rings. The minimum absolute atomic E-state index is 0.0129. The van der Waals surface area contributed by atoms with Gasteiger partial charge in [0, 0.05) is 12.5 Å². The minimum Gasteiger partial charge on any atom is -0.493 e. The Kier molecular flexibility index (Phi) is 3.66. The van der Waals surface area contributed by atoms with Crippen molar-refractivity contribution >= 4 is 5.91 Å². The van der Waals surface area contributed by atoms with E-state index in [9.17, 15) is 4.79 Å². The monoisotopic (exact) mass is 274 g/mol. The van der Waals surface area contributed by atoms with Crippen molar-refractivity contribution in [1.29, 1.82) is 0 Å². The predicted octanol–water partition coefficient (Wildman–Crippen LogP) is 1.94. The number of nitrogens with two attached hydrogens (primary N) is 1. The fourth-order valence-electron chi connectivity index (χ4n) is 3.25. The molecule has 4 heteroatoms. The number of fused-ring (bicyclic) bond motifs is 1. The van der Waals surface area contributed by atoms with E-state index in [4.69, 9.17) is 10.5 Å². The lowest BCUT2D eigenvalue weighted by atomic mass is 9.92. The van der Waals surface area contributed by atoms with Crippen LogP contribution < -0.4 is 15.8 Å². The predicted molar refractivity (Wildman–Crippen MR) is 77.7 cm³/mol. The highest BCUT2D eigenvalue weighted by Crippen LogP contribution is 2.33. The summed E-state index contributed by atoms with van der Waals surface area (Å²) < 4.78 is 5.64. The highest BCUT2D eigenvalue weighted by atomic mass is 16.5. The first kappa shape index (κ1) is 13.4. The molecule has 3 N–H and O–H groups in total. The number of hydrogen-bond donors (Lipinski definition) is 2. The SMILES string of the molecule is NC1(C(=O)NCC2CCOc3ccccc32)CCCC1. The number of carbonyl (C=O) groups is 1. The Morgan fingerprint density at radius 1 is 1.35 bits per heavy atom. The quantitative estimate of drug-likeness (QED) is 0.885. The van der Waals surface area contributed by atoms with Gasteiger partial charge in [0.1, 0.15) is 5.75 Å². The standard InChI is InChI=1S/C16H22N2O2/c17-16(8-3-4-9-16)15(19)18-11-12-7-10-20-14-6-2-1-5-13(12)14/h1-2,5-6,12H,3-4,7-11,17H2,(H,18,19). The normalized spacial score (nSPS) is 23.8. The first-order valence-corrected chi connectivity index (χ1v) is 7.48. The summed E-state index contributed by atoms with van der Waals surface area (Å²) in [6.45, 7) is 1.36. The van der Waals surface area contributed by atoms with Crippen molar-refractivity contribution in [2.24, 2.45) is 5.73 Å². The Morgan fingerprint density at radius 3 is 2.90 bits per heavy atom. The highest BCUT2D eigenvalue weighted by molar-refractivity contribution is 5.86. The van der Waals surface area contributed by atoms with Crippen molar-refractivity contribution in [3.05, 3.63) is 29.8 Å². The van der Waals surface area contributed by atoms with E-state index < -0.39 is 5.54 Å². The summed E-state index contributed by atoms with van der Waals surface area (Å²) >= 11 is 0. The van der Waals surface area contributed by atoms with Crippen LogP contribution in [0.3, 0.4) is 0 Å². The van der Waals surface area contributed by atoms with Gasteiger partial charge in [0.25, 0.3) is 0 Å². The molecule has 1 aliphatic heterocycles. The summed E-state index contributed by atoms with van der Waals surface area (Å²) in [6.07, 6.45) is 4.68. The van der Waals surface area contributed by atoms with Crippen molar-refractivity contribution in [1.82, 2.24) is 5.32 Å². The second-order valence-electron chi connectivity index (χ2n) is 5.95. The van der Waals surface area contributed by atoms with Gasteiger partial charge in [-0.2, -0.15) is 0 Å². The van der Waals surface area contributed by atoms with Gasteiger partial charge in [-0.25, -0.2) is 0 Å². The molecule has 20 heavy (non-hydrogen) atoms. The molecule has 0 aromatic heterocycles. The first-order valence-electron chi connectivity index (χ1n) is 7.48. The van der Waals surface area contributed by atoms with Gasteiger partial charge < -0.3 is 15.8 Å². The Balaban J connectivity index is 1.63. The smallest absolute Gasteiger partial charge is 0.240 e. The van der Waals surface area contributed by atoms with Gasteiger partial charge in [0.05, 0.1) is 12.1 Å². The van der Waals surface area contributed by atoms with Gasteiger partial charge in [0.15, 0.2) is 0 Å². The van der Waals surface area contributed by atoms with Crippen LogP contribution in [0, 0.1) is 0 Å². The van der Waals surface area contributed by atoms with Crippen LogP contribution >= 0.6 is 0 Å². The van der Waals surface area contributed by atoms with Crippen LogP contribution in [0.5, 0.6) is 5.75 Å². The Bertz CT molecular complexity index is 495. The van der Waals surface area contributed by atoms with Crippen LogP contribution in [-0.4, -0.2) is 24.6 Å². The fraction of sp³-hybridized carbons (Fsp3) is 0.562. The van der Waals surface area contributed by atoms with Gasteiger partial charge >= 0.3 is 0 Å². The molecule has 1 amide bonds. The fourth-order valence-corrected chi connectivity index (χ4v) is 3.25. The summed E-state index contributed by atoms with van der Waals surface area (Å²) in [5, 5.41) is 3.06. The van der Waals surface area contributed by atoms with E-state index in [0.29, 0.717) is 19.1 Å². The first-order chi connectivity index (χ1) is 9.69. The zero-order valence-corrected chi connectivity index (χ0v) is 11.7. The van der Waals surface area contributed by atoms with Crippen molar-refractivity contribution in [3.63, 3.8) is 0 Å².